The van der Waals surface area contributed by atoms with Gasteiger partial charge in [-0.2, -0.15) is 5.10 Å². The molecule has 0 aliphatic carbocycles. The molecule has 0 radical (unpaired) electrons. The molecule has 1 aromatic heterocycles. The second-order valence-corrected chi connectivity index (χ2v) is 5.28. The first kappa shape index (κ1) is 13.6. The van der Waals surface area contributed by atoms with Gasteiger partial charge in [0, 0.05) is 6.20 Å². The maximum Gasteiger partial charge on any atom is 0.123 e. The summed E-state index contributed by atoms with van der Waals surface area (Å²) in [6.07, 6.45) is 1.17. The lowest BCUT2D eigenvalue weighted by Gasteiger charge is -2.12. The second-order valence-electron chi connectivity index (χ2n) is 5.28. The van der Waals surface area contributed by atoms with Crippen LogP contribution in [-0.2, 0) is 0 Å². The van der Waals surface area contributed by atoms with Crippen molar-refractivity contribution in [2.24, 2.45) is 0 Å². The van der Waals surface area contributed by atoms with Gasteiger partial charge in [-0.1, -0.05) is 42.0 Å². The van der Waals surface area contributed by atoms with Crippen LogP contribution in [0.5, 0.6) is 0 Å². The first-order valence-corrected chi connectivity index (χ1v) is 7.01. The topological polar surface area (TPSA) is 38.0 Å². The minimum Gasteiger partial charge on any atom is -0.382 e. The third-order valence-electron chi connectivity index (χ3n) is 3.63. The summed E-state index contributed by atoms with van der Waals surface area (Å²) in [5, 5.41) is 15.0. The molecule has 1 N–H and O–H groups in total. The number of nitrogens with zero attached hydrogens (tertiary/aromatic N) is 2. The normalized spacial score (nSPS) is 12.3. The Morgan fingerprint density at radius 2 is 1.76 bits per heavy atom. The van der Waals surface area contributed by atoms with Gasteiger partial charge in [-0.15, -0.1) is 0 Å². The van der Waals surface area contributed by atoms with Crippen LogP contribution in [-0.4, -0.2) is 14.9 Å². The lowest BCUT2D eigenvalue weighted by molar-refractivity contribution is 0.214. The Balaban J connectivity index is 1.92. The lowest BCUT2D eigenvalue weighted by Crippen LogP contribution is -2.04. The van der Waals surface area contributed by atoms with Crippen LogP contribution in [0.1, 0.15) is 28.5 Å². The van der Waals surface area contributed by atoms with E-state index in [1.165, 1.54) is 5.56 Å². The van der Waals surface area contributed by atoms with E-state index in [0.717, 1.165) is 16.8 Å². The van der Waals surface area contributed by atoms with Crippen LogP contribution in [0.25, 0.3) is 5.69 Å². The Morgan fingerprint density at radius 1 is 1.00 bits per heavy atom. The SMILES string of the molecule is Cc1ccc(C(O)c2ccn(-c3ccccc3)n2)c(C)c1. The number of benzene rings is 2. The molecule has 0 saturated heterocycles. The molecular formula is C18H18N2O. The summed E-state index contributed by atoms with van der Waals surface area (Å²) in [6.45, 7) is 4.06. The molecule has 0 saturated carbocycles. The van der Waals surface area contributed by atoms with Crippen LogP contribution in [0.4, 0.5) is 0 Å². The van der Waals surface area contributed by atoms with E-state index in [9.17, 15) is 5.11 Å². The summed E-state index contributed by atoms with van der Waals surface area (Å²) in [7, 11) is 0. The average Bonchev–Trinajstić information content (AvgIpc) is 2.97. The van der Waals surface area contributed by atoms with Crippen molar-refractivity contribution in [1.82, 2.24) is 9.78 Å². The highest BCUT2D eigenvalue weighted by molar-refractivity contribution is 5.36. The minimum atomic E-state index is -0.699. The fourth-order valence-electron chi connectivity index (χ4n) is 2.50. The fraction of sp³-hybridized carbons (Fsp3) is 0.167. The number of aliphatic hydroxyl groups excluding tert-OH is 1. The predicted molar refractivity (Wildman–Crippen MR) is 83.5 cm³/mol. The third-order valence-corrected chi connectivity index (χ3v) is 3.63. The number of para-hydroxylation sites is 1. The van der Waals surface area contributed by atoms with Crippen LogP contribution in [0.3, 0.4) is 0 Å². The second kappa shape index (κ2) is 5.54. The van der Waals surface area contributed by atoms with Crippen LogP contribution in [0.15, 0.2) is 60.8 Å². The molecule has 0 amide bonds. The van der Waals surface area contributed by atoms with Crippen LogP contribution < -0.4 is 0 Å². The Kier molecular flexibility index (Phi) is 3.59. The monoisotopic (exact) mass is 278 g/mol. The van der Waals surface area contributed by atoms with E-state index in [-0.39, 0.29) is 0 Å². The molecule has 1 unspecified atom stereocenters. The Morgan fingerprint density at radius 3 is 2.48 bits per heavy atom. The van der Waals surface area contributed by atoms with Crippen molar-refractivity contribution in [2.75, 3.05) is 0 Å². The number of aliphatic hydroxyl groups is 1. The van der Waals surface area contributed by atoms with Crippen molar-refractivity contribution in [3.8, 4) is 5.69 Å². The molecule has 106 valence electrons. The van der Waals surface area contributed by atoms with E-state index in [1.54, 1.807) is 4.68 Å². The predicted octanol–water partition coefficient (Wildman–Crippen LogP) is 3.57. The first-order chi connectivity index (χ1) is 10.1. The molecule has 1 heterocycles. The molecule has 3 nitrogen and oxygen atoms in total. The number of aryl methyl sites for hydroxylation is 2. The largest absolute Gasteiger partial charge is 0.382 e. The molecule has 0 spiro atoms. The fourth-order valence-corrected chi connectivity index (χ4v) is 2.50. The number of hydrogen-bond acceptors (Lipinski definition) is 2. The van der Waals surface area contributed by atoms with Crippen LogP contribution in [0.2, 0.25) is 0 Å². The number of hydrogen-bond donors (Lipinski definition) is 1. The van der Waals surface area contributed by atoms with Crippen molar-refractivity contribution in [2.45, 2.75) is 20.0 Å². The van der Waals surface area contributed by atoms with Gasteiger partial charge >= 0.3 is 0 Å². The van der Waals surface area contributed by atoms with Gasteiger partial charge in [0.25, 0.3) is 0 Å². The van der Waals surface area contributed by atoms with Gasteiger partial charge in [0.2, 0.25) is 0 Å². The van der Waals surface area contributed by atoms with Gasteiger partial charge in [-0.3, -0.25) is 0 Å². The molecule has 3 aromatic rings. The number of aromatic nitrogens is 2. The molecular weight excluding hydrogens is 260 g/mol. The highest BCUT2D eigenvalue weighted by atomic mass is 16.3. The molecule has 0 fully saturated rings. The van der Waals surface area contributed by atoms with E-state index in [1.807, 2.05) is 68.6 Å². The first-order valence-electron chi connectivity index (χ1n) is 7.01. The summed E-state index contributed by atoms with van der Waals surface area (Å²) in [6, 6.07) is 17.8. The summed E-state index contributed by atoms with van der Waals surface area (Å²) in [5.74, 6) is 0. The zero-order valence-corrected chi connectivity index (χ0v) is 12.2. The molecule has 2 aromatic carbocycles. The molecule has 3 heteroatoms. The van der Waals surface area contributed by atoms with Gasteiger partial charge < -0.3 is 5.11 Å². The molecule has 21 heavy (non-hydrogen) atoms. The van der Waals surface area contributed by atoms with Crippen molar-refractivity contribution < 1.29 is 5.11 Å². The third kappa shape index (κ3) is 2.73. The molecule has 0 bridgehead atoms. The summed E-state index contributed by atoms with van der Waals surface area (Å²) in [5.41, 5.74) is 4.82. The maximum atomic E-state index is 10.5. The van der Waals surface area contributed by atoms with Crippen molar-refractivity contribution >= 4 is 0 Å². The molecule has 0 aliphatic rings. The smallest absolute Gasteiger partial charge is 0.123 e. The van der Waals surface area contributed by atoms with Crippen molar-refractivity contribution in [1.29, 1.82) is 0 Å². The van der Waals surface area contributed by atoms with E-state index in [2.05, 4.69) is 11.2 Å². The van der Waals surface area contributed by atoms with Gasteiger partial charge in [-0.25, -0.2) is 4.68 Å². The van der Waals surface area contributed by atoms with Gasteiger partial charge in [-0.05, 0) is 43.2 Å². The maximum absolute atomic E-state index is 10.5. The summed E-state index contributed by atoms with van der Waals surface area (Å²) in [4.78, 5) is 0. The summed E-state index contributed by atoms with van der Waals surface area (Å²) < 4.78 is 1.78. The van der Waals surface area contributed by atoms with Gasteiger partial charge in [0.15, 0.2) is 0 Å². The summed E-state index contributed by atoms with van der Waals surface area (Å²) >= 11 is 0. The molecule has 0 aliphatic heterocycles. The minimum absolute atomic E-state index is 0.658. The van der Waals surface area contributed by atoms with Crippen molar-refractivity contribution in [3.05, 3.63) is 83.2 Å². The van der Waals surface area contributed by atoms with E-state index < -0.39 is 6.10 Å². The van der Waals surface area contributed by atoms with Crippen LogP contribution >= 0.6 is 0 Å². The zero-order chi connectivity index (χ0) is 14.8. The lowest BCUT2D eigenvalue weighted by atomic mass is 9.99. The Bertz CT molecular complexity index is 747. The van der Waals surface area contributed by atoms with Crippen molar-refractivity contribution in [3.63, 3.8) is 0 Å². The van der Waals surface area contributed by atoms with Crippen LogP contribution in [0, 0.1) is 13.8 Å². The zero-order valence-electron chi connectivity index (χ0n) is 12.2. The van der Waals surface area contributed by atoms with E-state index >= 15 is 0 Å². The van der Waals surface area contributed by atoms with Gasteiger partial charge in [0.05, 0.1) is 11.4 Å². The average molecular weight is 278 g/mol. The van der Waals surface area contributed by atoms with E-state index in [4.69, 9.17) is 0 Å². The van der Waals surface area contributed by atoms with Gasteiger partial charge in [0.1, 0.15) is 6.10 Å². The quantitative estimate of drug-likeness (QED) is 0.795. The van der Waals surface area contributed by atoms with E-state index in [0.29, 0.717) is 5.69 Å². The Labute approximate surface area is 124 Å². The molecule has 3 rings (SSSR count). The standard InChI is InChI=1S/C18H18N2O/c1-13-8-9-16(14(2)12-13)18(21)17-10-11-20(19-17)15-6-4-3-5-7-15/h3-12,18,21H,1-2H3. The highest BCUT2D eigenvalue weighted by Gasteiger charge is 2.16. The number of rotatable bonds is 3. The Hall–Kier alpha value is -2.39. The molecule has 1 atom stereocenters. The highest BCUT2D eigenvalue weighted by Crippen LogP contribution is 2.24.